The van der Waals surface area contributed by atoms with Crippen molar-refractivity contribution in [1.82, 2.24) is 10.3 Å². The molecule has 2 fully saturated rings. The number of fused-ring (bicyclic) bond motifs is 1. The van der Waals surface area contributed by atoms with Gasteiger partial charge in [0.15, 0.2) is 0 Å². The Bertz CT molecular complexity index is 639. The maximum absolute atomic E-state index is 9.55. The summed E-state index contributed by atoms with van der Waals surface area (Å²) in [5.41, 5.74) is 1.97. The summed E-state index contributed by atoms with van der Waals surface area (Å²) in [6, 6.07) is 2.66. The highest BCUT2D eigenvalue weighted by Gasteiger charge is 2.36. The number of carboxylic acid groups (broad SMARTS) is 2. The zero-order chi connectivity index (χ0) is 18.4. The molecule has 8 nitrogen and oxygen atoms in total. The fourth-order valence-electron chi connectivity index (χ4n) is 2.97. The summed E-state index contributed by atoms with van der Waals surface area (Å²) in [5.74, 6) is -1.74. The van der Waals surface area contributed by atoms with Gasteiger partial charge in [0.1, 0.15) is 4.60 Å². The third kappa shape index (κ3) is 5.52. The molecule has 0 aromatic carbocycles. The molecule has 4 N–H and O–H groups in total. The number of hydrogen-bond acceptors (Lipinski definition) is 6. The maximum Gasteiger partial charge on any atom is 0.328 e. The van der Waals surface area contributed by atoms with E-state index in [1.54, 1.807) is 0 Å². The van der Waals surface area contributed by atoms with Crippen LogP contribution in [0.25, 0.3) is 0 Å². The highest BCUT2D eigenvalue weighted by molar-refractivity contribution is 9.10. The number of aliphatic hydroxyl groups is 1. The van der Waals surface area contributed by atoms with Crippen LogP contribution in [0.15, 0.2) is 29.0 Å². The number of nitrogens with one attached hydrogen (secondary N) is 1. The predicted octanol–water partition coefficient (Wildman–Crippen LogP) is 0.846. The summed E-state index contributed by atoms with van der Waals surface area (Å²) in [5, 5.41) is 28.4. The second kappa shape index (κ2) is 8.93. The van der Waals surface area contributed by atoms with Gasteiger partial charge in [0.2, 0.25) is 0 Å². The molecule has 0 spiro atoms. The normalized spacial score (nSPS) is 21.8. The van der Waals surface area contributed by atoms with Crippen molar-refractivity contribution in [2.24, 2.45) is 5.92 Å². The molecule has 2 atom stereocenters. The number of anilines is 1. The highest BCUT2D eigenvalue weighted by atomic mass is 79.9. The molecule has 2 aliphatic rings. The molecule has 0 aliphatic carbocycles. The van der Waals surface area contributed by atoms with Crippen LogP contribution in [0.5, 0.6) is 0 Å². The van der Waals surface area contributed by atoms with Gasteiger partial charge in [0.25, 0.3) is 0 Å². The summed E-state index contributed by atoms with van der Waals surface area (Å²) in [7, 11) is 0. The number of aromatic nitrogens is 1. The molecular weight excluding hydrogens is 394 g/mol. The van der Waals surface area contributed by atoms with Gasteiger partial charge in [-0.05, 0) is 40.9 Å². The van der Waals surface area contributed by atoms with Gasteiger partial charge in [0.05, 0.1) is 18.5 Å². The molecule has 0 bridgehead atoms. The Morgan fingerprint density at radius 3 is 2.56 bits per heavy atom. The third-order valence-electron chi connectivity index (χ3n) is 4.16. The second-order valence-corrected chi connectivity index (χ2v) is 6.58. The molecule has 0 saturated carbocycles. The number of rotatable bonds is 4. The number of carbonyl (C=O) groups is 2. The lowest BCUT2D eigenvalue weighted by Gasteiger charge is -2.20. The number of hydrogen-bond donors (Lipinski definition) is 4. The van der Waals surface area contributed by atoms with Crippen LogP contribution in [0, 0.1) is 5.92 Å². The lowest BCUT2D eigenvalue weighted by atomic mass is 10.1. The van der Waals surface area contributed by atoms with Crippen LogP contribution in [-0.2, 0) is 16.2 Å². The molecule has 1 aromatic rings. The highest BCUT2D eigenvalue weighted by Crippen LogP contribution is 2.30. The third-order valence-corrected chi connectivity index (χ3v) is 4.88. The average molecular weight is 414 g/mol. The van der Waals surface area contributed by atoms with E-state index in [1.165, 1.54) is 6.42 Å². The zero-order valence-corrected chi connectivity index (χ0v) is 15.0. The van der Waals surface area contributed by atoms with E-state index in [0.29, 0.717) is 18.2 Å². The van der Waals surface area contributed by atoms with Crippen molar-refractivity contribution in [3.05, 3.63) is 34.6 Å². The molecule has 9 heteroatoms. The molecular formula is C16H20BrN3O5. The number of carboxylic acids is 2. The molecule has 2 aliphatic heterocycles. The van der Waals surface area contributed by atoms with Gasteiger partial charge in [-0.25, -0.2) is 14.6 Å². The number of pyridine rings is 1. The first-order valence-electron chi connectivity index (χ1n) is 7.78. The van der Waals surface area contributed by atoms with Gasteiger partial charge in [-0.15, -0.1) is 0 Å². The Hall–Kier alpha value is -1.97. The molecule has 3 heterocycles. The van der Waals surface area contributed by atoms with Gasteiger partial charge < -0.3 is 25.5 Å². The molecule has 2 saturated heterocycles. The number of halogens is 1. The Kier molecular flexibility index (Phi) is 6.91. The smallest absolute Gasteiger partial charge is 0.328 e. The quantitative estimate of drug-likeness (QED) is 0.423. The van der Waals surface area contributed by atoms with Crippen molar-refractivity contribution >= 4 is 33.6 Å². The Balaban J connectivity index is 0.000000242. The molecule has 0 unspecified atom stereocenters. The number of aliphatic carboxylic acids is 2. The van der Waals surface area contributed by atoms with E-state index < -0.39 is 11.9 Å². The lowest BCUT2D eigenvalue weighted by Crippen LogP contribution is -2.30. The fourth-order valence-corrected chi connectivity index (χ4v) is 3.31. The van der Waals surface area contributed by atoms with Crippen molar-refractivity contribution in [1.29, 1.82) is 0 Å². The summed E-state index contributed by atoms with van der Waals surface area (Å²) in [4.78, 5) is 25.8. The summed E-state index contributed by atoms with van der Waals surface area (Å²) >= 11 is 3.35. The predicted molar refractivity (Wildman–Crippen MR) is 94.4 cm³/mol. The Morgan fingerprint density at radius 1 is 1.32 bits per heavy atom. The van der Waals surface area contributed by atoms with E-state index in [-0.39, 0.29) is 6.61 Å². The van der Waals surface area contributed by atoms with Crippen LogP contribution in [0.4, 0.5) is 5.69 Å². The Morgan fingerprint density at radius 2 is 2.00 bits per heavy atom. The van der Waals surface area contributed by atoms with E-state index in [0.717, 1.165) is 41.4 Å². The monoisotopic (exact) mass is 413 g/mol. The van der Waals surface area contributed by atoms with Crippen LogP contribution in [0.2, 0.25) is 0 Å². The first kappa shape index (κ1) is 19.4. The second-order valence-electron chi connectivity index (χ2n) is 5.83. The van der Waals surface area contributed by atoms with Crippen LogP contribution in [0.1, 0.15) is 12.0 Å². The molecule has 136 valence electrons. The van der Waals surface area contributed by atoms with E-state index in [2.05, 4.69) is 31.1 Å². The van der Waals surface area contributed by atoms with Crippen LogP contribution in [-0.4, -0.2) is 57.9 Å². The van der Waals surface area contributed by atoms with Gasteiger partial charge in [-0.1, -0.05) is 0 Å². The van der Waals surface area contributed by atoms with Gasteiger partial charge >= 0.3 is 11.9 Å². The average Bonchev–Trinajstić information content (AvgIpc) is 3.15. The van der Waals surface area contributed by atoms with E-state index >= 15 is 0 Å². The Labute approximate surface area is 153 Å². The van der Waals surface area contributed by atoms with Crippen LogP contribution in [0.3, 0.4) is 0 Å². The van der Waals surface area contributed by atoms with Crippen molar-refractivity contribution in [3.63, 3.8) is 0 Å². The molecule has 0 amide bonds. The van der Waals surface area contributed by atoms with E-state index in [9.17, 15) is 14.7 Å². The largest absolute Gasteiger partial charge is 0.478 e. The first-order valence-corrected chi connectivity index (χ1v) is 8.57. The minimum atomic E-state index is -1.26. The molecule has 25 heavy (non-hydrogen) atoms. The van der Waals surface area contributed by atoms with Gasteiger partial charge in [0, 0.05) is 36.8 Å². The molecule has 0 radical (unpaired) electrons. The first-order chi connectivity index (χ1) is 11.9. The number of aliphatic hydroxyl groups excluding tert-OH is 1. The minimum Gasteiger partial charge on any atom is -0.478 e. The topological polar surface area (TPSA) is 123 Å². The van der Waals surface area contributed by atoms with E-state index in [4.69, 9.17) is 10.2 Å². The SMILES string of the molecule is O=C(O)C=CC(=O)O.OCc1cc(N2C[C@H]3CCN[C@H]3C2)cnc1Br. The summed E-state index contributed by atoms with van der Waals surface area (Å²) in [6.45, 7) is 3.34. The van der Waals surface area contributed by atoms with Gasteiger partial charge in [-0.3, -0.25) is 0 Å². The lowest BCUT2D eigenvalue weighted by molar-refractivity contribution is -0.134. The number of nitrogens with zero attached hydrogens (tertiary/aromatic N) is 2. The summed E-state index contributed by atoms with van der Waals surface area (Å²) < 4.78 is 0.737. The van der Waals surface area contributed by atoms with Crippen molar-refractivity contribution < 1.29 is 24.9 Å². The van der Waals surface area contributed by atoms with Gasteiger partial charge in [-0.2, -0.15) is 0 Å². The van der Waals surface area contributed by atoms with E-state index in [1.807, 2.05) is 12.3 Å². The zero-order valence-electron chi connectivity index (χ0n) is 13.4. The van der Waals surface area contributed by atoms with Crippen molar-refractivity contribution in [2.75, 3.05) is 24.5 Å². The van der Waals surface area contributed by atoms with Crippen LogP contribution < -0.4 is 10.2 Å². The standard InChI is InChI=1S/C12H16BrN3O.C4H4O4/c13-12-9(7-17)3-10(4-15-12)16-5-8-1-2-14-11(8)6-16;5-3(6)1-2-4(7)8/h3-4,8,11,14,17H,1-2,5-7H2;1-2H,(H,5,6)(H,7,8)/t8-,11+;/m1./s1. The summed E-state index contributed by atoms with van der Waals surface area (Å²) in [6.07, 6.45) is 4.27. The van der Waals surface area contributed by atoms with Crippen molar-refractivity contribution in [3.8, 4) is 0 Å². The maximum atomic E-state index is 9.55. The molecule has 3 rings (SSSR count). The minimum absolute atomic E-state index is 0.0281. The fraction of sp³-hybridized carbons (Fsp3) is 0.438. The van der Waals surface area contributed by atoms with Crippen molar-refractivity contribution in [2.45, 2.75) is 19.1 Å². The van der Waals surface area contributed by atoms with Crippen LogP contribution >= 0.6 is 15.9 Å². The molecule has 1 aromatic heterocycles.